The molecular formula is C13H17FN4O2S. The van der Waals surface area contributed by atoms with E-state index < -0.39 is 5.82 Å². The number of nitrogens with zero attached hydrogens (tertiary/aromatic N) is 2. The first kappa shape index (κ1) is 15.4. The lowest BCUT2D eigenvalue weighted by atomic mass is 10.3. The van der Waals surface area contributed by atoms with Crippen molar-refractivity contribution in [1.29, 1.82) is 0 Å². The molecule has 1 aromatic heterocycles. The molecule has 6 nitrogen and oxygen atoms in total. The minimum atomic E-state index is -0.500. The molecule has 2 aromatic rings. The molecule has 0 bridgehead atoms. The van der Waals surface area contributed by atoms with Crippen LogP contribution in [-0.4, -0.2) is 21.4 Å². The Hall–Kier alpha value is -1.96. The van der Waals surface area contributed by atoms with Crippen molar-refractivity contribution < 1.29 is 9.13 Å². The van der Waals surface area contributed by atoms with Crippen molar-refractivity contribution in [2.24, 2.45) is 0 Å². The Bertz CT molecular complexity index is 683. The summed E-state index contributed by atoms with van der Waals surface area (Å²) in [7, 11) is 0. The summed E-state index contributed by atoms with van der Waals surface area (Å²) in [5, 5.41) is 6.79. The predicted molar refractivity (Wildman–Crippen MR) is 79.2 cm³/mol. The van der Waals surface area contributed by atoms with Gasteiger partial charge in [-0.25, -0.2) is 14.3 Å². The molecular weight excluding hydrogens is 295 g/mol. The van der Waals surface area contributed by atoms with Crippen molar-refractivity contribution >= 4 is 17.4 Å². The van der Waals surface area contributed by atoms with Crippen molar-refractivity contribution in [3.05, 3.63) is 28.4 Å². The third kappa shape index (κ3) is 3.38. The van der Waals surface area contributed by atoms with Crippen molar-refractivity contribution in [2.75, 3.05) is 12.3 Å². The van der Waals surface area contributed by atoms with Gasteiger partial charge in [-0.1, -0.05) is 6.92 Å². The number of benzene rings is 1. The third-order valence-corrected chi connectivity index (χ3v) is 3.83. The van der Waals surface area contributed by atoms with Crippen LogP contribution in [0.15, 0.2) is 27.0 Å². The van der Waals surface area contributed by atoms with Gasteiger partial charge in [0.2, 0.25) is 0 Å². The largest absolute Gasteiger partial charge is 0.490 e. The predicted octanol–water partition coefficient (Wildman–Crippen LogP) is 2.25. The Labute approximate surface area is 125 Å². The lowest BCUT2D eigenvalue weighted by molar-refractivity contribution is 0.300. The van der Waals surface area contributed by atoms with E-state index in [9.17, 15) is 9.18 Å². The van der Waals surface area contributed by atoms with Crippen LogP contribution < -0.4 is 16.2 Å². The second-order valence-electron chi connectivity index (χ2n) is 4.33. The van der Waals surface area contributed by atoms with Crippen LogP contribution in [0.25, 0.3) is 0 Å². The van der Waals surface area contributed by atoms with Crippen LogP contribution in [-0.2, 0) is 6.54 Å². The van der Waals surface area contributed by atoms with E-state index in [1.54, 1.807) is 0 Å². The molecule has 0 unspecified atom stereocenters. The van der Waals surface area contributed by atoms with Gasteiger partial charge < -0.3 is 10.5 Å². The highest BCUT2D eigenvalue weighted by Gasteiger charge is 2.14. The van der Waals surface area contributed by atoms with Gasteiger partial charge in [0.15, 0.2) is 16.7 Å². The summed E-state index contributed by atoms with van der Waals surface area (Å²) in [5.41, 5.74) is 5.81. The number of ether oxygens (including phenoxy) is 1. The van der Waals surface area contributed by atoms with Gasteiger partial charge >= 0.3 is 5.69 Å². The Kier molecular flexibility index (Phi) is 4.89. The fraction of sp³-hybridized carbons (Fsp3) is 0.385. The Balaban J connectivity index is 2.32. The van der Waals surface area contributed by atoms with Crippen molar-refractivity contribution in [3.63, 3.8) is 0 Å². The highest BCUT2D eigenvalue weighted by molar-refractivity contribution is 7.99. The Morgan fingerprint density at radius 2 is 2.24 bits per heavy atom. The number of aromatic nitrogens is 3. The summed E-state index contributed by atoms with van der Waals surface area (Å²) in [6.07, 6.45) is 0.779. The summed E-state index contributed by atoms with van der Waals surface area (Å²) in [5.74, 6) is -0.352. The SMILES string of the molecule is CCCOc1cc(Sc2n[nH]c(=O)n2CC)c(N)cc1F. The molecule has 0 aliphatic rings. The normalized spacial score (nSPS) is 10.8. The zero-order chi connectivity index (χ0) is 15.4. The second-order valence-corrected chi connectivity index (χ2v) is 5.34. The van der Waals surface area contributed by atoms with Gasteiger partial charge in [-0.2, -0.15) is 0 Å². The molecule has 114 valence electrons. The molecule has 0 spiro atoms. The number of rotatable bonds is 6. The average molecular weight is 312 g/mol. The maximum absolute atomic E-state index is 13.8. The Morgan fingerprint density at radius 1 is 1.48 bits per heavy atom. The molecule has 0 saturated carbocycles. The topological polar surface area (TPSA) is 85.9 Å². The van der Waals surface area contributed by atoms with Crippen LogP contribution in [0, 0.1) is 5.82 Å². The number of nitrogens with two attached hydrogens (primary N) is 1. The minimum Gasteiger partial charge on any atom is -0.490 e. The molecule has 3 N–H and O–H groups in total. The molecule has 0 radical (unpaired) electrons. The molecule has 21 heavy (non-hydrogen) atoms. The minimum absolute atomic E-state index is 0.148. The van der Waals surface area contributed by atoms with Gasteiger partial charge in [0.05, 0.1) is 6.61 Å². The fourth-order valence-electron chi connectivity index (χ4n) is 1.72. The van der Waals surface area contributed by atoms with E-state index in [0.717, 1.165) is 6.42 Å². The molecule has 0 amide bonds. The Morgan fingerprint density at radius 3 is 2.90 bits per heavy atom. The number of hydrogen-bond acceptors (Lipinski definition) is 5. The van der Waals surface area contributed by atoms with E-state index in [2.05, 4.69) is 10.2 Å². The number of anilines is 1. The number of H-pyrrole nitrogens is 1. The van der Waals surface area contributed by atoms with Crippen LogP contribution >= 0.6 is 11.8 Å². The summed E-state index contributed by atoms with van der Waals surface area (Å²) < 4.78 is 20.6. The molecule has 0 aliphatic carbocycles. The number of hydrogen-bond donors (Lipinski definition) is 2. The van der Waals surface area contributed by atoms with E-state index in [1.807, 2.05) is 13.8 Å². The molecule has 1 heterocycles. The summed E-state index contributed by atoms with van der Waals surface area (Å²) >= 11 is 1.19. The zero-order valence-corrected chi connectivity index (χ0v) is 12.7. The average Bonchev–Trinajstić information content (AvgIpc) is 2.80. The summed E-state index contributed by atoms with van der Waals surface area (Å²) in [6, 6.07) is 2.75. The molecule has 0 saturated heterocycles. The van der Waals surface area contributed by atoms with Gasteiger partial charge in [-0.15, -0.1) is 5.10 Å². The highest BCUT2D eigenvalue weighted by Crippen LogP contribution is 2.35. The smallest absolute Gasteiger partial charge is 0.343 e. The number of nitrogens with one attached hydrogen (secondary N) is 1. The van der Waals surface area contributed by atoms with Crippen LogP contribution in [0.4, 0.5) is 10.1 Å². The lowest BCUT2D eigenvalue weighted by Gasteiger charge is -2.10. The molecule has 2 rings (SSSR count). The van der Waals surface area contributed by atoms with E-state index >= 15 is 0 Å². The van der Waals surface area contributed by atoms with E-state index in [4.69, 9.17) is 10.5 Å². The van der Waals surface area contributed by atoms with Crippen LogP contribution in [0.2, 0.25) is 0 Å². The maximum Gasteiger partial charge on any atom is 0.343 e. The standard InChI is InChI=1S/C13H17FN4O2S/c1-3-5-20-10-7-11(9(15)6-8(10)14)21-13-17-16-12(19)18(13)4-2/h6-7H,3-5,15H2,1-2H3,(H,16,19). The summed E-state index contributed by atoms with van der Waals surface area (Å²) in [4.78, 5) is 12.1. The maximum atomic E-state index is 13.8. The number of aromatic amines is 1. The van der Waals surface area contributed by atoms with Crippen LogP contribution in [0.3, 0.4) is 0 Å². The van der Waals surface area contributed by atoms with Gasteiger partial charge in [0.1, 0.15) is 0 Å². The molecule has 0 atom stereocenters. The number of halogens is 1. The quantitative estimate of drug-likeness (QED) is 0.799. The lowest BCUT2D eigenvalue weighted by Crippen LogP contribution is -2.16. The van der Waals surface area contributed by atoms with Crippen LogP contribution in [0.5, 0.6) is 5.75 Å². The number of nitrogen functional groups attached to an aromatic ring is 1. The van der Waals surface area contributed by atoms with Gasteiger partial charge in [0, 0.05) is 23.2 Å². The summed E-state index contributed by atoms with van der Waals surface area (Å²) in [6.45, 7) is 4.68. The van der Waals surface area contributed by atoms with Crippen LogP contribution in [0.1, 0.15) is 20.3 Å². The van der Waals surface area contributed by atoms with Gasteiger partial charge in [-0.05, 0) is 31.2 Å². The van der Waals surface area contributed by atoms with Crippen molar-refractivity contribution in [2.45, 2.75) is 36.9 Å². The molecule has 1 aromatic carbocycles. The van der Waals surface area contributed by atoms with Gasteiger partial charge in [0.25, 0.3) is 0 Å². The van der Waals surface area contributed by atoms with E-state index in [0.29, 0.717) is 23.2 Å². The van der Waals surface area contributed by atoms with Crippen molar-refractivity contribution in [1.82, 2.24) is 14.8 Å². The van der Waals surface area contributed by atoms with Gasteiger partial charge in [-0.3, -0.25) is 4.57 Å². The van der Waals surface area contributed by atoms with Crippen molar-refractivity contribution in [3.8, 4) is 5.75 Å². The molecule has 0 fully saturated rings. The molecule has 8 heteroatoms. The van der Waals surface area contributed by atoms with E-state index in [1.165, 1.54) is 28.5 Å². The monoisotopic (exact) mass is 312 g/mol. The van der Waals surface area contributed by atoms with E-state index in [-0.39, 0.29) is 17.1 Å². The highest BCUT2D eigenvalue weighted by atomic mass is 32.2. The first-order chi connectivity index (χ1) is 10.1. The molecule has 0 aliphatic heterocycles. The third-order valence-electron chi connectivity index (χ3n) is 2.77. The first-order valence-electron chi connectivity index (χ1n) is 6.61. The first-order valence-corrected chi connectivity index (χ1v) is 7.43. The zero-order valence-electron chi connectivity index (χ0n) is 11.9. The second kappa shape index (κ2) is 6.66. The fourth-order valence-corrected chi connectivity index (χ4v) is 2.67.